The molecule has 0 aromatic heterocycles. The van der Waals surface area contributed by atoms with Crippen molar-refractivity contribution in [1.82, 2.24) is 5.32 Å². The van der Waals surface area contributed by atoms with Crippen LogP contribution in [-0.4, -0.2) is 24.7 Å². The number of carbonyl (C=O) groups excluding carboxylic acids is 1. The predicted molar refractivity (Wildman–Crippen MR) is 98.6 cm³/mol. The molecule has 0 fully saturated rings. The molecule has 0 spiro atoms. The fraction of sp³-hybridized carbons (Fsp3) is 0.190. The van der Waals surface area contributed by atoms with Crippen molar-refractivity contribution in [2.45, 2.75) is 12.5 Å². The van der Waals surface area contributed by atoms with Crippen molar-refractivity contribution < 1.29 is 14.6 Å². The molecule has 1 atom stereocenters. The van der Waals surface area contributed by atoms with Gasteiger partial charge in [-0.15, -0.1) is 0 Å². The largest absolute Gasteiger partial charge is 0.497 e. The number of rotatable bonds is 6. The van der Waals surface area contributed by atoms with E-state index < -0.39 is 6.10 Å². The standard InChI is InChI=1S/C21H21NO3/c1-25-19-8-4-5-15(11-19)12-21(24)22-14-20(23)18-10-9-16-6-2-3-7-17(16)13-18/h2-11,13,20,23H,12,14H2,1H3,(H,22,24). The Morgan fingerprint density at radius 2 is 1.84 bits per heavy atom. The van der Waals surface area contributed by atoms with Crippen molar-refractivity contribution >= 4 is 16.7 Å². The number of ether oxygens (including phenoxy) is 1. The Morgan fingerprint density at radius 3 is 2.64 bits per heavy atom. The van der Waals surface area contributed by atoms with Gasteiger partial charge in [0.15, 0.2) is 0 Å². The van der Waals surface area contributed by atoms with Crippen LogP contribution >= 0.6 is 0 Å². The molecule has 1 unspecified atom stereocenters. The first-order valence-electron chi connectivity index (χ1n) is 8.22. The molecule has 0 radical (unpaired) electrons. The second-order valence-corrected chi connectivity index (χ2v) is 5.95. The highest BCUT2D eigenvalue weighted by atomic mass is 16.5. The predicted octanol–water partition coefficient (Wildman–Crippen LogP) is 3.24. The van der Waals surface area contributed by atoms with Gasteiger partial charge in [0.25, 0.3) is 0 Å². The lowest BCUT2D eigenvalue weighted by atomic mass is 10.0. The molecule has 4 heteroatoms. The lowest BCUT2D eigenvalue weighted by Gasteiger charge is -2.13. The van der Waals surface area contributed by atoms with Crippen LogP contribution in [0.25, 0.3) is 10.8 Å². The van der Waals surface area contributed by atoms with Crippen LogP contribution in [0.3, 0.4) is 0 Å². The van der Waals surface area contributed by atoms with Crippen molar-refractivity contribution in [3.63, 3.8) is 0 Å². The molecule has 0 saturated carbocycles. The van der Waals surface area contributed by atoms with Gasteiger partial charge < -0.3 is 15.2 Å². The molecule has 0 heterocycles. The third-order valence-corrected chi connectivity index (χ3v) is 4.15. The van der Waals surface area contributed by atoms with E-state index in [4.69, 9.17) is 4.74 Å². The fourth-order valence-electron chi connectivity index (χ4n) is 2.77. The first-order valence-corrected chi connectivity index (χ1v) is 8.22. The number of carbonyl (C=O) groups is 1. The molecule has 0 aliphatic carbocycles. The summed E-state index contributed by atoms with van der Waals surface area (Å²) in [6.45, 7) is 0.182. The van der Waals surface area contributed by atoms with Gasteiger partial charge >= 0.3 is 0 Å². The Balaban J connectivity index is 1.58. The molecule has 128 valence electrons. The number of hydrogen-bond acceptors (Lipinski definition) is 3. The molecule has 1 amide bonds. The van der Waals surface area contributed by atoms with Gasteiger partial charge in [-0.25, -0.2) is 0 Å². The molecule has 0 aliphatic heterocycles. The van der Waals surface area contributed by atoms with Crippen molar-refractivity contribution in [3.05, 3.63) is 77.9 Å². The summed E-state index contributed by atoms with van der Waals surface area (Å²) in [6.07, 6.45) is -0.486. The van der Waals surface area contributed by atoms with Crippen molar-refractivity contribution in [1.29, 1.82) is 0 Å². The summed E-state index contributed by atoms with van der Waals surface area (Å²) in [5.41, 5.74) is 1.66. The minimum atomic E-state index is -0.737. The maximum absolute atomic E-state index is 12.1. The summed E-state index contributed by atoms with van der Waals surface area (Å²) < 4.78 is 5.16. The summed E-state index contributed by atoms with van der Waals surface area (Å²) in [7, 11) is 1.60. The molecule has 0 bridgehead atoms. The second-order valence-electron chi connectivity index (χ2n) is 5.95. The number of nitrogens with one attached hydrogen (secondary N) is 1. The van der Waals surface area contributed by atoms with Crippen molar-refractivity contribution in [3.8, 4) is 5.75 Å². The molecule has 4 nitrogen and oxygen atoms in total. The minimum absolute atomic E-state index is 0.131. The van der Waals surface area contributed by atoms with Gasteiger partial charge in [-0.05, 0) is 40.1 Å². The Hall–Kier alpha value is -2.85. The van der Waals surface area contributed by atoms with Crippen LogP contribution in [0.1, 0.15) is 17.2 Å². The number of aliphatic hydroxyl groups excluding tert-OH is 1. The quantitative estimate of drug-likeness (QED) is 0.727. The van der Waals surface area contributed by atoms with E-state index in [1.54, 1.807) is 7.11 Å². The Kier molecular flexibility index (Phi) is 5.31. The SMILES string of the molecule is COc1cccc(CC(=O)NCC(O)c2ccc3ccccc3c2)c1. The first kappa shape index (κ1) is 17.0. The van der Waals surface area contributed by atoms with Gasteiger partial charge in [-0.2, -0.15) is 0 Å². The summed E-state index contributed by atoms with van der Waals surface area (Å²) in [6, 6.07) is 21.2. The highest BCUT2D eigenvalue weighted by Crippen LogP contribution is 2.20. The highest BCUT2D eigenvalue weighted by Gasteiger charge is 2.11. The summed E-state index contributed by atoms with van der Waals surface area (Å²) in [5, 5.41) is 15.3. The maximum atomic E-state index is 12.1. The third kappa shape index (κ3) is 4.37. The zero-order chi connectivity index (χ0) is 17.6. The lowest BCUT2D eigenvalue weighted by Crippen LogP contribution is -2.29. The van der Waals surface area contributed by atoms with Crippen LogP contribution in [0.5, 0.6) is 5.75 Å². The van der Waals surface area contributed by atoms with Crippen LogP contribution in [0, 0.1) is 0 Å². The van der Waals surface area contributed by atoms with E-state index in [1.807, 2.05) is 66.7 Å². The normalized spacial score (nSPS) is 11.9. The number of hydrogen-bond donors (Lipinski definition) is 2. The molecule has 0 saturated heterocycles. The van der Waals surface area contributed by atoms with Crippen LogP contribution in [0.2, 0.25) is 0 Å². The molecular formula is C21H21NO3. The van der Waals surface area contributed by atoms with Gasteiger partial charge in [-0.1, -0.05) is 48.5 Å². The molecule has 25 heavy (non-hydrogen) atoms. The Morgan fingerprint density at radius 1 is 1.04 bits per heavy atom. The van der Waals surface area contributed by atoms with E-state index in [2.05, 4.69) is 5.32 Å². The summed E-state index contributed by atoms with van der Waals surface area (Å²) >= 11 is 0. The monoisotopic (exact) mass is 335 g/mol. The van der Waals surface area contributed by atoms with Crippen molar-refractivity contribution in [2.75, 3.05) is 13.7 Å². The van der Waals surface area contributed by atoms with Gasteiger partial charge in [0.2, 0.25) is 5.91 Å². The average Bonchev–Trinajstić information content (AvgIpc) is 2.65. The number of amides is 1. The van der Waals surface area contributed by atoms with Gasteiger partial charge in [0.1, 0.15) is 5.75 Å². The Bertz CT molecular complexity index is 876. The number of methoxy groups -OCH3 is 1. The molecule has 3 rings (SSSR count). The van der Waals surface area contributed by atoms with E-state index in [-0.39, 0.29) is 18.9 Å². The molecule has 0 aliphatic rings. The van der Waals surface area contributed by atoms with Crippen LogP contribution in [-0.2, 0) is 11.2 Å². The third-order valence-electron chi connectivity index (χ3n) is 4.15. The smallest absolute Gasteiger partial charge is 0.224 e. The van der Waals surface area contributed by atoms with Crippen molar-refractivity contribution in [2.24, 2.45) is 0 Å². The topological polar surface area (TPSA) is 58.6 Å². The first-order chi connectivity index (χ1) is 12.2. The summed E-state index contributed by atoms with van der Waals surface area (Å²) in [5.74, 6) is 0.592. The van der Waals surface area contributed by atoms with Crippen LogP contribution in [0.4, 0.5) is 0 Å². The molecule has 2 N–H and O–H groups in total. The highest BCUT2D eigenvalue weighted by molar-refractivity contribution is 5.83. The molecule has 3 aromatic carbocycles. The van der Waals surface area contributed by atoms with E-state index in [0.29, 0.717) is 0 Å². The van der Waals surface area contributed by atoms with E-state index in [1.165, 1.54) is 0 Å². The van der Waals surface area contributed by atoms with Crippen LogP contribution < -0.4 is 10.1 Å². The number of fused-ring (bicyclic) bond motifs is 1. The number of aliphatic hydroxyl groups is 1. The van der Waals surface area contributed by atoms with E-state index in [0.717, 1.165) is 27.6 Å². The number of benzene rings is 3. The average molecular weight is 335 g/mol. The van der Waals surface area contributed by atoms with Gasteiger partial charge in [-0.3, -0.25) is 4.79 Å². The minimum Gasteiger partial charge on any atom is -0.497 e. The van der Waals surface area contributed by atoms with Crippen LogP contribution in [0.15, 0.2) is 66.7 Å². The Labute approximate surface area is 147 Å². The van der Waals surface area contributed by atoms with Gasteiger partial charge in [0, 0.05) is 6.54 Å². The lowest BCUT2D eigenvalue weighted by molar-refractivity contribution is -0.120. The van der Waals surface area contributed by atoms with E-state index in [9.17, 15) is 9.90 Å². The molecular weight excluding hydrogens is 314 g/mol. The van der Waals surface area contributed by atoms with E-state index >= 15 is 0 Å². The maximum Gasteiger partial charge on any atom is 0.224 e. The summed E-state index contributed by atoms with van der Waals surface area (Å²) in [4.78, 5) is 12.1. The van der Waals surface area contributed by atoms with Gasteiger partial charge in [0.05, 0.1) is 19.6 Å². The fourth-order valence-corrected chi connectivity index (χ4v) is 2.77. The zero-order valence-electron chi connectivity index (χ0n) is 14.1. The molecule has 3 aromatic rings. The zero-order valence-corrected chi connectivity index (χ0v) is 14.1. The second kappa shape index (κ2) is 7.81.